The molecule has 0 aliphatic carbocycles. The minimum absolute atomic E-state index is 0.173. The summed E-state index contributed by atoms with van der Waals surface area (Å²) in [6, 6.07) is 15.9. The maximum absolute atomic E-state index is 13.2. The van der Waals surface area contributed by atoms with Crippen LogP contribution in [0, 0.1) is 6.92 Å². The number of hydrogen-bond acceptors (Lipinski definition) is 3. The van der Waals surface area contributed by atoms with Gasteiger partial charge in [0.15, 0.2) is 0 Å². The summed E-state index contributed by atoms with van der Waals surface area (Å²) in [5.74, 6) is -0.460. The summed E-state index contributed by atoms with van der Waals surface area (Å²) >= 11 is 0. The minimum Gasteiger partial charge on any atom is -0.350 e. The molecule has 1 aliphatic heterocycles. The highest BCUT2D eigenvalue weighted by molar-refractivity contribution is 5.94. The highest BCUT2D eigenvalue weighted by Gasteiger charge is 2.42. The lowest BCUT2D eigenvalue weighted by atomic mass is 10.0. The van der Waals surface area contributed by atoms with Gasteiger partial charge in [-0.1, -0.05) is 42.5 Å². The molecular weight excluding hydrogens is 404 g/mol. The molecule has 2 atom stereocenters. The van der Waals surface area contributed by atoms with E-state index in [-0.39, 0.29) is 24.4 Å². The Kier molecular flexibility index (Phi) is 7.18. The van der Waals surface area contributed by atoms with Gasteiger partial charge in [0.25, 0.3) is 0 Å². The summed E-state index contributed by atoms with van der Waals surface area (Å²) in [6.45, 7) is 7.49. The van der Waals surface area contributed by atoms with Crippen LogP contribution in [0.15, 0.2) is 54.6 Å². The summed E-state index contributed by atoms with van der Waals surface area (Å²) in [5.41, 5.74) is 2.26. The Morgan fingerprint density at radius 3 is 2.38 bits per heavy atom. The highest BCUT2D eigenvalue weighted by Crippen LogP contribution is 2.36. The number of hydrogen-bond donors (Lipinski definition) is 3. The van der Waals surface area contributed by atoms with Crippen LogP contribution in [-0.2, 0) is 9.59 Å². The first-order chi connectivity index (χ1) is 15.1. The molecule has 1 saturated heterocycles. The van der Waals surface area contributed by atoms with Crippen molar-refractivity contribution >= 4 is 23.5 Å². The van der Waals surface area contributed by atoms with E-state index in [4.69, 9.17) is 0 Å². The number of urea groups is 1. The molecule has 1 heterocycles. The van der Waals surface area contributed by atoms with Crippen molar-refractivity contribution in [2.45, 2.75) is 58.2 Å². The van der Waals surface area contributed by atoms with Gasteiger partial charge in [-0.2, -0.15) is 0 Å². The van der Waals surface area contributed by atoms with E-state index in [1.165, 1.54) is 0 Å². The number of rotatable bonds is 5. The molecule has 7 heteroatoms. The van der Waals surface area contributed by atoms with Crippen LogP contribution in [0.1, 0.15) is 50.8 Å². The van der Waals surface area contributed by atoms with E-state index in [1.807, 2.05) is 76.2 Å². The first kappa shape index (κ1) is 23.3. The van der Waals surface area contributed by atoms with Crippen LogP contribution in [0.5, 0.6) is 0 Å². The molecule has 32 heavy (non-hydrogen) atoms. The lowest BCUT2D eigenvalue weighted by Crippen LogP contribution is -2.53. The quantitative estimate of drug-likeness (QED) is 0.667. The average Bonchev–Trinajstić information content (AvgIpc) is 3.17. The minimum atomic E-state index is -0.575. The summed E-state index contributed by atoms with van der Waals surface area (Å²) in [5, 5.41) is 8.36. The van der Waals surface area contributed by atoms with Gasteiger partial charge in [-0.05, 0) is 63.8 Å². The lowest BCUT2D eigenvalue weighted by Gasteiger charge is -2.32. The van der Waals surface area contributed by atoms with Crippen LogP contribution in [0.25, 0.3) is 0 Å². The summed E-state index contributed by atoms with van der Waals surface area (Å²) < 4.78 is 0. The summed E-state index contributed by atoms with van der Waals surface area (Å²) in [4.78, 5) is 40.1. The standard InChI is InChI=1S/C25H32N4O3/c1-17-9-8-12-19(15-17)27-24(32)26-16-22(30)29-20(18-10-6-5-7-11-18)13-14-21(29)23(31)28-25(2,3)4/h5-12,15,20-21H,13-14,16H2,1-4H3,(H,28,31)(H2,26,27,32)/t20?,21-/m0/s1. The van der Waals surface area contributed by atoms with Gasteiger partial charge >= 0.3 is 6.03 Å². The predicted molar refractivity (Wildman–Crippen MR) is 125 cm³/mol. The van der Waals surface area contributed by atoms with E-state index >= 15 is 0 Å². The fourth-order valence-electron chi connectivity index (χ4n) is 4.02. The Bertz CT molecular complexity index is 969. The number of benzene rings is 2. The molecule has 7 nitrogen and oxygen atoms in total. The van der Waals surface area contributed by atoms with Crippen molar-refractivity contribution in [1.29, 1.82) is 0 Å². The zero-order chi connectivity index (χ0) is 23.3. The first-order valence-electron chi connectivity index (χ1n) is 10.9. The normalized spacial score (nSPS) is 18.2. The van der Waals surface area contributed by atoms with Crippen molar-refractivity contribution in [2.75, 3.05) is 11.9 Å². The summed E-state index contributed by atoms with van der Waals surface area (Å²) in [7, 11) is 0. The van der Waals surface area contributed by atoms with Gasteiger partial charge in [0.1, 0.15) is 6.04 Å². The van der Waals surface area contributed by atoms with E-state index < -0.39 is 17.6 Å². The SMILES string of the molecule is Cc1cccc(NC(=O)NCC(=O)N2C(c3ccccc3)CC[C@H]2C(=O)NC(C)(C)C)c1. The number of anilines is 1. The topological polar surface area (TPSA) is 90.5 Å². The average molecular weight is 437 g/mol. The fourth-order valence-corrected chi connectivity index (χ4v) is 4.02. The van der Waals surface area contributed by atoms with Gasteiger partial charge in [0.05, 0.1) is 12.6 Å². The largest absolute Gasteiger partial charge is 0.350 e. The van der Waals surface area contributed by atoms with Crippen LogP contribution in [0.4, 0.5) is 10.5 Å². The number of amides is 4. The van der Waals surface area contributed by atoms with E-state index in [0.29, 0.717) is 18.5 Å². The van der Waals surface area contributed by atoms with Crippen LogP contribution >= 0.6 is 0 Å². The predicted octanol–water partition coefficient (Wildman–Crippen LogP) is 3.76. The molecule has 1 fully saturated rings. The van der Waals surface area contributed by atoms with Gasteiger partial charge in [0, 0.05) is 11.2 Å². The van der Waals surface area contributed by atoms with Gasteiger partial charge in [-0.15, -0.1) is 0 Å². The van der Waals surface area contributed by atoms with Crippen LogP contribution in [0.3, 0.4) is 0 Å². The number of likely N-dealkylation sites (tertiary alicyclic amines) is 1. The van der Waals surface area contributed by atoms with Gasteiger partial charge in [0.2, 0.25) is 11.8 Å². The molecule has 3 rings (SSSR count). The van der Waals surface area contributed by atoms with Crippen molar-refractivity contribution in [3.8, 4) is 0 Å². The Morgan fingerprint density at radius 2 is 1.72 bits per heavy atom. The molecule has 1 aliphatic rings. The van der Waals surface area contributed by atoms with E-state index in [0.717, 1.165) is 11.1 Å². The monoisotopic (exact) mass is 436 g/mol. The maximum Gasteiger partial charge on any atom is 0.319 e. The lowest BCUT2D eigenvalue weighted by molar-refractivity contribution is -0.140. The number of carbonyl (C=O) groups is 3. The molecule has 0 saturated carbocycles. The molecule has 3 N–H and O–H groups in total. The Balaban J connectivity index is 1.71. The van der Waals surface area contributed by atoms with Crippen molar-refractivity contribution < 1.29 is 14.4 Å². The molecule has 0 radical (unpaired) electrons. The molecule has 170 valence electrons. The second kappa shape index (κ2) is 9.85. The third-order valence-electron chi connectivity index (χ3n) is 5.33. The smallest absolute Gasteiger partial charge is 0.319 e. The molecule has 0 spiro atoms. The zero-order valence-corrected chi connectivity index (χ0v) is 19.1. The van der Waals surface area contributed by atoms with Crippen molar-refractivity contribution in [1.82, 2.24) is 15.5 Å². The van der Waals surface area contributed by atoms with Crippen molar-refractivity contribution in [2.24, 2.45) is 0 Å². The van der Waals surface area contributed by atoms with Crippen LogP contribution < -0.4 is 16.0 Å². The van der Waals surface area contributed by atoms with Gasteiger partial charge in [-0.3, -0.25) is 9.59 Å². The first-order valence-corrected chi connectivity index (χ1v) is 10.9. The zero-order valence-electron chi connectivity index (χ0n) is 19.1. The Morgan fingerprint density at radius 1 is 1.00 bits per heavy atom. The number of nitrogens with zero attached hydrogens (tertiary/aromatic N) is 1. The number of aryl methyl sites for hydroxylation is 1. The van der Waals surface area contributed by atoms with E-state index in [1.54, 1.807) is 11.0 Å². The highest BCUT2D eigenvalue weighted by atomic mass is 16.2. The Labute approximate surface area is 189 Å². The third kappa shape index (κ3) is 6.09. The second-order valence-electron chi connectivity index (χ2n) is 9.24. The van der Waals surface area contributed by atoms with E-state index in [9.17, 15) is 14.4 Å². The fraction of sp³-hybridized carbons (Fsp3) is 0.400. The number of nitrogens with one attached hydrogen (secondary N) is 3. The molecule has 0 aromatic heterocycles. The summed E-state index contributed by atoms with van der Waals surface area (Å²) in [6.07, 6.45) is 1.26. The van der Waals surface area contributed by atoms with E-state index in [2.05, 4.69) is 16.0 Å². The molecule has 2 aromatic carbocycles. The van der Waals surface area contributed by atoms with Crippen LogP contribution in [0.2, 0.25) is 0 Å². The maximum atomic E-state index is 13.2. The van der Waals surface area contributed by atoms with Gasteiger partial charge in [-0.25, -0.2) is 4.79 Å². The molecule has 0 bridgehead atoms. The molecule has 1 unspecified atom stereocenters. The number of carbonyl (C=O) groups excluding carboxylic acids is 3. The van der Waals surface area contributed by atoms with Crippen LogP contribution in [-0.4, -0.2) is 40.9 Å². The Hall–Kier alpha value is -3.35. The van der Waals surface area contributed by atoms with Crippen molar-refractivity contribution in [3.05, 3.63) is 65.7 Å². The van der Waals surface area contributed by atoms with Gasteiger partial charge < -0.3 is 20.9 Å². The molecule has 4 amide bonds. The third-order valence-corrected chi connectivity index (χ3v) is 5.33. The second-order valence-corrected chi connectivity index (χ2v) is 9.24. The molecule has 2 aromatic rings. The van der Waals surface area contributed by atoms with Crippen molar-refractivity contribution in [3.63, 3.8) is 0 Å². The molecular formula is C25H32N4O3.